The van der Waals surface area contributed by atoms with Gasteiger partial charge < -0.3 is 0 Å². The van der Waals surface area contributed by atoms with Crippen molar-refractivity contribution in [3.63, 3.8) is 0 Å². The van der Waals surface area contributed by atoms with Gasteiger partial charge in [0.1, 0.15) is 5.69 Å². The number of aromatic nitrogens is 1. The standard InChI is InChI=1S/C14H18FNO/c1-2-10-5-3-6-11(9-10)14(17)13-12(15)7-4-8-16-13/h4,7-8,10-11H,2-3,5-6,9H2,1H3. The van der Waals surface area contributed by atoms with E-state index in [1.54, 1.807) is 0 Å². The van der Waals surface area contributed by atoms with Crippen LogP contribution in [0.1, 0.15) is 49.5 Å². The molecule has 1 aromatic heterocycles. The molecular formula is C14H18FNO. The van der Waals surface area contributed by atoms with E-state index in [2.05, 4.69) is 11.9 Å². The number of pyridine rings is 1. The van der Waals surface area contributed by atoms with Crippen LogP contribution in [-0.2, 0) is 0 Å². The highest BCUT2D eigenvalue weighted by Gasteiger charge is 2.29. The van der Waals surface area contributed by atoms with Gasteiger partial charge in [0, 0.05) is 12.1 Å². The van der Waals surface area contributed by atoms with Crippen LogP contribution in [0, 0.1) is 17.7 Å². The average molecular weight is 235 g/mol. The summed E-state index contributed by atoms with van der Waals surface area (Å²) in [6.45, 7) is 2.15. The SMILES string of the molecule is CCC1CCCC(C(=O)c2ncccc2F)C1. The molecule has 1 heterocycles. The van der Waals surface area contributed by atoms with E-state index >= 15 is 0 Å². The number of hydrogen-bond acceptors (Lipinski definition) is 2. The molecule has 2 atom stereocenters. The first-order valence-corrected chi connectivity index (χ1v) is 6.37. The van der Waals surface area contributed by atoms with E-state index in [1.165, 1.54) is 24.8 Å². The van der Waals surface area contributed by atoms with Gasteiger partial charge in [0.05, 0.1) is 0 Å². The molecule has 17 heavy (non-hydrogen) atoms. The van der Waals surface area contributed by atoms with Crippen molar-refractivity contribution in [3.05, 3.63) is 29.8 Å². The smallest absolute Gasteiger partial charge is 0.187 e. The molecule has 2 nitrogen and oxygen atoms in total. The average Bonchev–Trinajstić information content (AvgIpc) is 2.38. The Hall–Kier alpha value is -1.25. The first-order chi connectivity index (χ1) is 8.22. The fourth-order valence-electron chi connectivity index (χ4n) is 2.66. The lowest BCUT2D eigenvalue weighted by molar-refractivity contribution is 0.0852. The van der Waals surface area contributed by atoms with Crippen LogP contribution in [0.3, 0.4) is 0 Å². The second kappa shape index (κ2) is 5.39. The molecule has 0 spiro atoms. The van der Waals surface area contributed by atoms with Crippen LogP contribution in [0.2, 0.25) is 0 Å². The van der Waals surface area contributed by atoms with Crippen LogP contribution in [0.5, 0.6) is 0 Å². The summed E-state index contributed by atoms with van der Waals surface area (Å²) in [5.41, 5.74) is 0.0225. The first kappa shape index (κ1) is 12.2. The van der Waals surface area contributed by atoms with E-state index in [0.29, 0.717) is 5.92 Å². The van der Waals surface area contributed by atoms with E-state index in [9.17, 15) is 9.18 Å². The lowest BCUT2D eigenvalue weighted by atomic mass is 9.77. The summed E-state index contributed by atoms with van der Waals surface area (Å²) in [4.78, 5) is 16.1. The molecule has 0 radical (unpaired) electrons. The van der Waals surface area contributed by atoms with Crippen molar-refractivity contribution in [3.8, 4) is 0 Å². The normalized spacial score (nSPS) is 24.6. The molecule has 0 aromatic carbocycles. The van der Waals surface area contributed by atoms with Crippen LogP contribution < -0.4 is 0 Å². The third-order valence-electron chi connectivity index (χ3n) is 3.72. The molecule has 1 aromatic rings. The quantitative estimate of drug-likeness (QED) is 0.749. The fourth-order valence-corrected chi connectivity index (χ4v) is 2.66. The van der Waals surface area contributed by atoms with Gasteiger partial charge in [-0.2, -0.15) is 0 Å². The molecular weight excluding hydrogens is 217 g/mol. The van der Waals surface area contributed by atoms with Gasteiger partial charge in [0.15, 0.2) is 11.6 Å². The Labute approximate surface area is 101 Å². The minimum absolute atomic E-state index is 0.0225. The number of carbonyl (C=O) groups excluding carboxylic acids is 1. The summed E-state index contributed by atoms with van der Waals surface area (Å²) in [5, 5.41) is 0. The topological polar surface area (TPSA) is 30.0 Å². The lowest BCUT2D eigenvalue weighted by Gasteiger charge is -2.27. The predicted molar refractivity (Wildman–Crippen MR) is 64.3 cm³/mol. The first-order valence-electron chi connectivity index (χ1n) is 6.37. The molecule has 1 aliphatic carbocycles. The highest BCUT2D eigenvalue weighted by atomic mass is 19.1. The minimum atomic E-state index is -0.490. The highest BCUT2D eigenvalue weighted by molar-refractivity contribution is 5.96. The van der Waals surface area contributed by atoms with Crippen LogP contribution in [0.15, 0.2) is 18.3 Å². The van der Waals surface area contributed by atoms with Gasteiger partial charge >= 0.3 is 0 Å². The number of hydrogen-bond donors (Lipinski definition) is 0. The number of ketones is 1. The van der Waals surface area contributed by atoms with Crippen molar-refractivity contribution in [2.75, 3.05) is 0 Å². The van der Waals surface area contributed by atoms with Crippen LogP contribution in [-0.4, -0.2) is 10.8 Å². The molecule has 1 aliphatic rings. The molecule has 92 valence electrons. The van der Waals surface area contributed by atoms with E-state index in [0.717, 1.165) is 25.7 Å². The van der Waals surface area contributed by atoms with Gasteiger partial charge in [-0.25, -0.2) is 4.39 Å². The number of nitrogens with zero attached hydrogens (tertiary/aromatic N) is 1. The van der Waals surface area contributed by atoms with Gasteiger partial charge in [0.25, 0.3) is 0 Å². The maximum Gasteiger partial charge on any atom is 0.187 e. The van der Waals surface area contributed by atoms with E-state index in [-0.39, 0.29) is 17.4 Å². The lowest BCUT2D eigenvalue weighted by Crippen LogP contribution is -2.24. The zero-order valence-corrected chi connectivity index (χ0v) is 10.2. The van der Waals surface area contributed by atoms with Gasteiger partial charge in [-0.05, 0) is 30.9 Å². The number of Topliss-reactive ketones (excluding diaryl/α,β-unsaturated/α-hetero) is 1. The Balaban J connectivity index is 2.12. The van der Waals surface area contributed by atoms with Gasteiger partial charge in [-0.15, -0.1) is 0 Å². The zero-order chi connectivity index (χ0) is 12.3. The molecule has 0 aliphatic heterocycles. The Morgan fingerprint density at radius 2 is 2.35 bits per heavy atom. The molecule has 2 rings (SSSR count). The minimum Gasteiger partial charge on any atom is -0.292 e. The van der Waals surface area contributed by atoms with Gasteiger partial charge in [0.2, 0.25) is 0 Å². The van der Waals surface area contributed by atoms with Crippen molar-refractivity contribution in [1.82, 2.24) is 4.98 Å². The Kier molecular flexibility index (Phi) is 3.87. The summed E-state index contributed by atoms with van der Waals surface area (Å²) in [5.74, 6) is -0.0139. The van der Waals surface area contributed by atoms with Gasteiger partial charge in [-0.3, -0.25) is 9.78 Å². The van der Waals surface area contributed by atoms with Crippen molar-refractivity contribution in [2.24, 2.45) is 11.8 Å². The third-order valence-corrected chi connectivity index (χ3v) is 3.72. The summed E-state index contributed by atoms with van der Waals surface area (Å²) in [6.07, 6.45) is 6.63. The molecule has 1 saturated carbocycles. The van der Waals surface area contributed by atoms with Crippen molar-refractivity contribution in [2.45, 2.75) is 39.0 Å². The van der Waals surface area contributed by atoms with Crippen molar-refractivity contribution < 1.29 is 9.18 Å². The Morgan fingerprint density at radius 1 is 1.53 bits per heavy atom. The summed E-state index contributed by atoms with van der Waals surface area (Å²) in [7, 11) is 0. The molecule has 3 heteroatoms. The summed E-state index contributed by atoms with van der Waals surface area (Å²) < 4.78 is 13.5. The summed E-state index contributed by atoms with van der Waals surface area (Å²) >= 11 is 0. The Morgan fingerprint density at radius 3 is 3.06 bits per heavy atom. The predicted octanol–water partition coefficient (Wildman–Crippen LogP) is 3.62. The third kappa shape index (κ3) is 2.71. The summed E-state index contributed by atoms with van der Waals surface area (Å²) in [6, 6.07) is 2.82. The second-order valence-electron chi connectivity index (χ2n) is 4.84. The molecule has 1 fully saturated rings. The number of rotatable bonds is 3. The van der Waals surface area contributed by atoms with Crippen LogP contribution in [0.4, 0.5) is 4.39 Å². The highest BCUT2D eigenvalue weighted by Crippen LogP contribution is 2.32. The number of carbonyl (C=O) groups is 1. The van der Waals surface area contributed by atoms with E-state index in [1.807, 2.05) is 0 Å². The van der Waals surface area contributed by atoms with Crippen molar-refractivity contribution in [1.29, 1.82) is 0 Å². The second-order valence-corrected chi connectivity index (χ2v) is 4.84. The molecule has 0 amide bonds. The van der Waals surface area contributed by atoms with Crippen LogP contribution >= 0.6 is 0 Å². The van der Waals surface area contributed by atoms with E-state index in [4.69, 9.17) is 0 Å². The fraction of sp³-hybridized carbons (Fsp3) is 0.571. The van der Waals surface area contributed by atoms with Crippen LogP contribution in [0.25, 0.3) is 0 Å². The molecule has 0 bridgehead atoms. The Bertz CT molecular complexity index is 405. The van der Waals surface area contributed by atoms with Gasteiger partial charge in [-0.1, -0.05) is 26.2 Å². The van der Waals surface area contributed by atoms with Crippen molar-refractivity contribution >= 4 is 5.78 Å². The molecule has 0 N–H and O–H groups in total. The monoisotopic (exact) mass is 235 g/mol. The zero-order valence-electron chi connectivity index (χ0n) is 10.2. The number of halogens is 1. The van der Waals surface area contributed by atoms with E-state index < -0.39 is 5.82 Å². The maximum absolute atomic E-state index is 13.5. The molecule has 0 saturated heterocycles. The largest absolute Gasteiger partial charge is 0.292 e. The maximum atomic E-state index is 13.5. The molecule has 2 unspecified atom stereocenters.